The van der Waals surface area contributed by atoms with E-state index < -0.39 is 0 Å². The van der Waals surface area contributed by atoms with Crippen LogP contribution in [0.1, 0.15) is 53.4 Å². The number of piperidine rings is 1. The molecule has 3 rings (SSSR count). The van der Waals surface area contributed by atoms with E-state index in [0.29, 0.717) is 11.5 Å². The Morgan fingerprint density at radius 3 is 2.08 bits per heavy atom. The fourth-order valence-electron chi connectivity index (χ4n) is 5.88. The van der Waals surface area contributed by atoms with Crippen LogP contribution < -0.4 is 0 Å². The van der Waals surface area contributed by atoms with E-state index in [9.17, 15) is 0 Å². The first-order chi connectivity index (χ1) is 11.6. The smallest absolute Gasteiger partial charge is 0.0335 e. The number of likely N-dealkylation sites (tertiary alicyclic amines) is 3. The predicted molar refractivity (Wildman–Crippen MR) is 107 cm³/mol. The van der Waals surface area contributed by atoms with E-state index in [1.807, 2.05) is 0 Å². The van der Waals surface area contributed by atoms with Crippen LogP contribution in [0, 0.1) is 5.41 Å². The summed E-state index contributed by atoms with van der Waals surface area (Å²) < 4.78 is 0. The Hall–Kier alpha value is -0.160. The lowest BCUT2D eigenvalue weighted by molar-refractivity contribution is -0.0941. The van der Waals surface area contributed by atoms with Crippen LogP contribution in [0.4, 0.5) is 0 Å². The summed E-state index contributed by atoms with van der Waals surface area (Å²) in [7, 11) is 6.70. The molecule has 0 unspecified atom stereocenters. The van der Waals surface area contributed by atoms with Crippen molar-refractivity contribution in [2.75, 3.05) is 60.4 Å². The average Bonchev–Trinajstić information content (AvgIpc) is 2.94. The molecule has 0 bridgehead atoms. The summed E-state index contributed by atoms with van der Waals surface area (Å²) in [5.74, 6) is 0. The second kappa shape index (κ2) is 6.78. The Morgan fingerprint density at radius 1 is 0.960 bits per heavy atom. The lowest BCUT2D eigenvalue weighted by atomic mass is 9.70. The van der Waals surface area contributed by atoms with Gasteiger partial charge in [0.25, 0.3) is 0 Å². The number of hydrogen-bond acceptors (Lipinski definition) is 4. The molecule has 0 aromatic heterocycles. The highest BCUT2D eigenvalue weighted by molar-refractivity contribution is 5.08. The summed E-state index contributed by atoms with van der Waals surface area (Å²) in [6, 6.07) is 0.709. The summed E-state index contributed by atoms with van der Waals surface area (Å²) in [5, 5.41) is 0. The maximum atomic E-state index is 2.83. The Balaban J connectivity index is 1.67. The third kappa shape index (κ3) is 3.52. The minimum Gasteiger partial charge on any atom is -0.308 e. The van der Waals surface area contributed by atoms with Crippen molar-refractivity contribution in [3.63, 3.8) is 0 Å². The SMILES string of the molecule is CN(C)C[C@@H]1CCCN1C(C)(C)C(C)(C)N1CCC2(CC1)CN(C)C2. The van der Waals surface area contributed by atoms with Crippen LogP contribution in [0.5, 0.6) is 0 Å². The van der Waals surface area contributed by atoms with E-state index >= 15 is 0 Å². The third-order valence-corrected chi connectivity index (χ3v) is 7.99. The molecule has 146 valence electrons. The van der Waals surface area contributed by atoms with E-state index in [0.717, 1.165) is 0 Å². The molecule has 3 saturated heterocycles. The maximum absolute atomic E-state index is 2.83. The zero-order chi connectivity index (χ0) is 18.5. The van der Waals surface area contributed by atoms with Crippen molar-refractivity contribution in [1.29, 1.82) is 0 Å². The molecule has 25 heavy (non-hydrogen) atoms. The molecule has 4 nitrogen and oxygen atoms in total. The van der Waals surface area contributed by atoms with Gasteiger partial charge in [0.2, 0.25) is 0 Å². The molecular weight excluding hydrogens is 308 g/mol. The first kappa shape index (κ1) is 19.6. The second-order valence-corrected chi connectivity index (χ2v) is 10.5. The van der Waals surface area contributed by atoms with E-state index in [-0.39, 0.29) is 11.1 Å². The van der Waals surface area contributed by atoms with Gasteiger partial charge in [-0.25, -0.2) is 0 Å². The summed E-state index contributed by atoms with van der Waals surface area (Å²) in [5.41, 5.74) is 1.05. The van der Waals surface area contributed by atoms with Crippen molar-refractivity contribution in [3.8, 4) is 0 Å². The van der Waals surface area contributed by atoms with Gasteiger partial charge in [-0.05, 0) is 99.6 Å². The largest absolute Gasteiger partial charge is 0.308 e. The van der Waals surface area contributed by atoms with Gasteiger partial charge >= 0.3 is 0 Å². The fraction of sp³-hybridized carbons (Fsp3) is 1.00. The van der Waals surface area contributed by atoms with Crippen LogP contribution in [-0.4, -0.2) is 97.1 Å². The van der Waals surface area contributed by atoms with Crippen LogP contribution in [0.15, 0.2) is 0 Å². The van der Waals surface area contributed by atoms with Gasteiger partial charge in [0.1, 0.15) is 0 Å². The van der Waals surface area contributed by atoms with Gasteiger partial charge in [-0.2, -0.15) is 0 Å². The molecule has 0 aromatic rings. The molecule has 0 saturated carbocycles. The number of nitrogens with zero attached hydrogens (tertiary/aromatic N) is 4. The van der Waals surface area contributed by atoms with Crippen molar-refractivity contribution in [1.82, 2.24) is 19.6 Å². The van der Waals surface area contributed by atoms with Gasteiger partial charge in [0.05, 0.1) is 0 Å². The van der Waals surface area contributed by atoms with Gasteiger partial charge in [-0.3, -0.25) is 9.80 Å². The molecule has 3 fully saturated rings. The zero-order valence-electron chi connectivity index (χ0n) is 17.9. The number of hydrogen-bond donors (Lipinski definition) is 0. The van der Waals surface area contributed by atoms with Crippen LogP contribution in [0.25, 0.3) is 0 Å². The highest BCUT2D eigenvalue weighted by Crippen LogP contribution is 2.44. The Morgan fingerprint density at radius 2 is 1.56 bits per heavy atom. The van der Waals surface area contributed by atoms with Crippen LogP contribution >= 0.6 is 0 Å². The lowest BCUT2D eigenvalue weighted by Crippen LogP contribution is -2.69. The van der Waals surface area contributed by atoms with Crippen molar-refractivity contribution in [2.24, 2.45) is 5.41 Å². The third-order valence-electron chi connectivity index (χ3n) is 7.99. The molecule has 0 aliphatic carbocycles. The summed E-state index contributed by atoms with van der Waals surface area (Å²) in [6.45, 7) is 17.7. The molecule has 4 heteroatoms. The molecule has 3 aliphatic rings. The topological polar surface area (TPSA) is 13.0 Å². The van der Waals surface area contributed by atoms with Crippen molar-refractivity contribution in [3.05, 3.63) is 0 Å². The zero-order valence-corrected chi connectivity index (χ0v) is 17.9. The van der Waals surface area contributed by atoms with Gasteiger partial charge in [0.15, 0.2) is 0 Å². The van der Waals surface area contributed by atoms with E-state index in [2.05, 4.69) is 68.4 Å². The molecule has 1 atom stereocenters. The van der Waals surface area contributed by atoms with Crippen LogP contribution in [-0.2, 0) is 0 Å². The van der Waals surface area contributed by atoms with Gasteiger partial charge in [-0.15, -0.1) is 0 Å². The fourth-order valence-corrected chi connectivity index (χ4v) is 5.88. The summed E-state index contributed by atoms with van der Waals surface area (Å²) in [6.07, 6.45) is 5.48. The van der Waals surface area contributed by atoms with Gasteiger partial charge in [-0.1, -0.05) is 0 Å². The Bertz CT molecular complexity index is 455. The van der Waals surface area contributed by atoms with Crippen LogP contribution in [0.2, 0.25) is 0 Å². The molecular formula is C21H42N4. The standard InChI is InChI=1S/C21H42N4/c1-19(2,24-13-10-21(11-14-24)16-23(7)17-21)20(3,4)25-12-8-9-18(25)15-22(5)6/h18H,8-17H2,1-7H3/t18-/m0/s1. The van der Waals surface area contributed by atoms with Gasteiger partial charge in [0, 0.05) is 36.8 Å². The molecule has 0 aromatic carbocycles. The Labute approximate surface area is 156 Å². The number of rotatable bonds is 5. The first-order valence-electron chi connectivity index (χ1n) is 10.4. The van der Waals surface area contributed by atoms with Gasteiger partial charge < -0.3 is 9.80 Å². The highest BCUT2D eigenvalue weighted by atomic mass is 15.3. The minimum absolute atomic E-state index is 0.199. The summed E-state index contributed by atoms with van der Waals surface area (Å²) in [4.78, 5) is 10.5. The molecule has 3 heterocycles. The first-order valence-corrected chi connectivity index (χ1v) is 10.4. The lowest BCUT2D eigenvalue weighted by Gasteiger charge is -2.60. The van der Waals surface area contributed by atoms with Crippen molar-refractivity contribution < 1.29 is 0 Å². The average molecular weight is 351 g/mol. The van der Waals surface area contributed by atoms with Crippen molar-refractivity contribution >= 4 is 0 Å². The molecule has 0 radical (unpaired) electrons. The normalized spacial score (nSPS) is 29.5. The predicted octanol–water partition coefficient (Wildman–Crippen LogP) is 2.60. The quantitative estimate of drug-likeness (QED) is 0.755. The molecule has 0 N–H and O–H groups in total. The molecule has 3 aliphatic heterocycles. The second-order valence-electron chi connectivity index (χ2n) is 10.5. The van der Waals surface area contributed by atoms with E-state index in [4.69, 9.17) is 0 Å². The monoisotopic (exact) mass is 350 g/mol. The number of likely N-dealkylation sites (N-methyl/N-ethyl adjacent to an activating group) is 1. The molecule has 1 spiro atoms. The van der Waals surface area contributed by atoms with E-state index in [1.165, 1.54) is 65.0 Å². The van der Waals surface area contributed by atoms with Crippen molar-refractivity contribution in [2.45, 2.75) is 70.5 Å². The summed E-state index contributed by atoms with van der Waals surface area (Å²) >= 11 is 0. The van der Waals surface area contributed by atoms with E-state index in [1.54, 1.807) is 0 Å². The minimum atomic E-state index is 0.199. The maximum Gasteiger partial charge on any atom is 0.0335 e. The van der Waals surface area contributed by atoms with Crippen LogP contribution in [0.3, 0.4) is 0 Å². The highest BCUT2D eigenvalue weighted by Gasteiger charge is 2.51. The Kier molecular flexibility index (Phi) is 5.31. The molecule has 0 amide bonds.